The molecule has 3 N–H and O–H groups in total. The van der Waals surface area contributed by atoms with Crippen molar-refractivity contribution >= 4 is 11.9 Å². The van der Waals surface area contributed by atoms with E-state index in [4.69, 9.17) is 15.3 Å². The van der Waals surface area contributed by atoms with Crippen molar-refractivity contribution in [2.45, 2.75) is 20.3 Å². The Bertz CT molecular complexity index is 329. The Balaban J connectivity index is 0.000000673. The van der Waals surface area contributed by atoms with Crippen LogP contribution in [0.2, 0.25) is 0 Å². The van der Waals surface area contributed by atoms with Crippen molar-refractivity contribution in [2.24, 2.45) is 5.41 Å². The van der Waals surface area contributed by atoms with Gasteiger partial charge >= 0.3 is 11.9 Å². The standard InChI is InChI=1S/C9H10O4.C2H6O/c1-9(8(12)13)4-2-3-6(5-9)7(10)11;1-2-3/h2-4H,5H2,1H3,(H,10,11)(H,12,13);3H,2H2,1H3. The fourth-order valence-corrected chi connectivity index (χ4v) is 1.18. The van der Waals surface area contributed by atoms with Gasteiger partial charge in [-0.05, 0) is 20.3 Å². The Morgan fingerprint density at radius 1 is 1.44 bits per heavy atom. The molecular weight excluding hydrogens is 212 g/mol. The first-order valence-electron chi connectivity index (χ1n) is 4.83. The van der Waals surface area contributed by atoms with Crippen molar-refractivity contribution in [3.05, 3.63) is 23.8 Å². The normalized spacial score (nSPS) is 22.8. The van der Waals surface area contributed by atoms with Crippen molar-refractivity contribution in [2.75, 3.05) is 6.61 Å². The SMILES string of the molecule is CC1(C(=O)O)C=CC=C(C(=O)O)C1.CCO. The highest BCUT2D eigenvalue weighted by Gasteiger charge is 2.34. The number of hydrogen-bond acceptors (Lipinski definition) is 3. The van der Waals surface area contributed by atoms with Gasteiger partial charge in [-0.25, -0.2) is 4.79 Å². The zero-order valence-corrected chi connectivity index (χ0v) is 9.30. The van der Waals surface area contributed by atoms with Crippen LogP contribution in [0.15, 0.2) is 23.8 Å². The molecule has 0 spiro atoms. The van der Waals surface area contributed by atoms with Gasteiger partial charge in [0, 0.05) is 12.2 Å². The van der Waals surface area contributed by atoms with Crippen molar-refractivity contribution in [3.63, 3.8) is 0 Å². The fourth-order valence-electron chi connectivity index (χ4n) is 1.18. The number of carbonyl (C=O) groups is 2. The summed E-state index contributed by atoms with van der Waals surface area (Å²) in [7, 11) is 0. The summed E-state index contributed by atoms with van der Waals surface area (Å²) in [5, 5.41) is 25.1. The monoisotopic (exact) mass is 228 g/mol. The molecule has 0 bridgehead atoms. The highest BCUT2D eigenvalue weighted by Crippen LogP contribution is 2.31. The van der Waals surface area contributed by atoms with E-state index in [1.165, 1.54) is 25.2 Å². The number of carboxylic acid groups (broad SMARTS) is 2. The molecule has 0 radical (unpaired) electrons. The molecule has 0 aliphatic heterocycles. The third-order valence-corrected chi connectivity index (χ3v) is 2.08. The predicted molar refractivity (Wildman–Crippen MR) is 58.0 cm³/mol. The van der Waals surface area contributed by atoms with Crippen molar-refractivity contribution in [1.82, 2.24) is 0 Å². The molecule has 1 aliphatic carbocycles. The molecule has 90 valence electrons. The molecule has 1 rings (SSSR count). The summed E-state index contributed by atoms with van der Waals surface area (Å²) in [5.41, 5.74) is -0.949. The minimum absolute atomic E-state index is 0.0359. The molecule has 1 aliphatic rings. The molecule has 0 heterocycles. The number of aliphatic carboxylic acids is 2. The van der Waals surface area contributed by atoms with E-state index in [-0.39, 0.29) is 18.6 Å². The number of hydrogen-bond donors (Lipinski definition) is 3. The van der Waals surface area contributed by atoms with Crippen LogP contribution in [0.5, 0.6) is 0 Å². The average Bonchev–Trinajstić information content (AvgIpc) is 2.18. The summed E-state index contributed by atoms with van der Waals surface area (Å²) < 4.78 is 0. The van der Waals surface area contributed by atoms with Crippen LogP contribution in [-0.2, 0) is 9.59 Å². The minimum Gasteiger partial charge on any atom is -0.481 e. The second kappa shape index (κ2) is 6.07. The lowest BCUT2D eigenvalue weighted by molar-refractivity contribution is -0.145. The molecule has 0 aromatic rings. The summed E-state index contributed by atoms with van der Waals surface area (Å²) in [6.07, 6.45) is 4.43. The number of carboxylic acids is 2. The lowest BCUT2D eigenvalue weighted by atomic mass is 9.80. The Morgan fingerprint density at radius 2 is 1.94 bits per heavy atom. The van der Waals surface area contributed by atoms with Gasteiger partial charge in [-0.2, -0.15) is 0 Å². The molecule has 0 aromatic carbocycles. The van der Waals surface area contributed by atoms with Crippen LogP contribution in [0.4, 0.5) is 0 Å². The lowest BCUT2D eigenvalue weighted by Crippen LogP contribution is -2.28. The smallest absolute Gasteiger partial charge is 0.331 e. The highest BCUT2D eigenvalue weighted by atomic mass is 16.4. The molecule has 5 heteroatoms. The maximum atomic E-state index is 10.8. The topological polar surface area (TPSA) is 94.8 Å². The quantitative estimate of drug-likeness (QED) is 0.656. The van der Waals surface area contributed by atoms with Gasteiger partial charge in [-0.1, -0.05) is 18.2 Å². The average molecular weight is 228 g/mol. The summed E-state index contributed by atoms with van der Waals surface area (Å²) in [5.74, 6) is -2.06. The molecule has 0 amide bonds. The van der Waals surface area contributed by atoms with Crippen LogP contribution < -0.4 is 0 Å². The van der Waals surface area contributed by atoms with Crippen LogP contribution in [-0.4, -0.2) is 33.9 Å². The van der Waals surface area contributed by atoms with Crippen molar-refractivity contribution in [3.8, 4) is 0 Å². The first-order chi connectivity index (χ1) is 7.37. The van der Waals surface area contributed by atoms with Gasteiger partial charge < -0.3 is 15.3 Å². The Hall–Kier alpha value is -1.62. The molecule has 16 heavy (non-hydrogen) atoms. The summed E-state index contributed by atoms with van der Waals surface area (Å²) in [4.78, 5) is 21.3. The summed E-state index contributed by atoms with van der Waals surface area (Å²) >= 11 is 0. The van der Waals surface area contributed by atoms with Crippen LogP contribution in [0.25, 0.3) is 0 Å². The summed E-state index contributed by atoms with van der Waals surface area (Å²) in [6.45, 7) is 3.43. The molecule has 1 atom stereocenters. The lowest BCUT2D eigenvalue weighted by Gasteiger charge is -2.23. The Kier molecular flexibility index (Phi) is 5.46. The van der Waals surface area contributed by atoms with Crippen molar-refractivity contribution < 1.29 is 24.9 Å². The molecular formula is C11H16O5. The third-order valence-electron chi connectivity index (χ3n) is 2.08. The van der Waals surface area contributed by atoms with Gasteiger partial charge in [0.05, 0.1) is 5.41 Å². The number of aliphatic hydroxyl groups is 1. The van der Waals surface area contributed by atoms with Gasteiger partial charge in [0.1, 0.15) is 0 Å². The fraction of sp³-hybridized carbons (Fsp3) is 0.455. The van der Waals surface area contributed by atoms with Gasteiger partial charge in [0.15, 0.2) is 0 Å². The zero-order chi connectivity index (χ0) is 12.8. The largest absolute Gasteiger partial charge is 0.481 e. The van der Waals surface area contributed by atoms with E-state index < -0.39 is 17.4 Å². The molecule has 0 saturated heterocycles. The van der Waals surface area contributed by atoms with Crippen LogP contribution >= 0.6 is 0 Å². The molecule has 0 saturated carbocycles. The second-order valence-corrected chi connectivity index (χ2v) is 3.57. The Labute approximate surface area is 93.7 Å². The predicted octanol–water partition coefficient (Wildman–Crippen LogP) is 1.05. The van der Waals surface area contributed by atoms with Gasteiger partial charge in [0.2, 0.25) is 0 Å². The van der Waals surface area contributed by atoms with E-state index in [0.29, 0.717) is 0 Å². The van der Waals surface area contributed by atoms with E-state index in [1.807, 2.05) is 0 Å². The third kappa shape index (κ3) is 3.86. The van der Waals surface area contributed by atoms with E-state index in [1.54, 1.807) is 6.92 Å². The van der Waals surface area contributed by atoms with E-state index in [0.717, 1.165) is 0 Å². The maximum Gasteiger partial charge on any atom is 0.331 e. The van der Waals surface area contributed by atoms with Crippen LogP contribution in [0, 0.1) is 5.41 Å². The van der Waals surface area contributed by atoms with E-state index in [9.17, 15) is 9.59 Å². The minimum atomic E-state index is -1.08. The number of aliphatic hydroxyl groups excluding tert-OH is 1. The molecule has 0 aromatic heterocycles. The first-order valence-corrected chi connectivity index (χ1v) is 4.83. The number of rotatable bonds is 2. The van der Waals surface area contributed by atoms with Gasteiger partial charge in [-0.15, -0.1) is 0 Å². The molecule has 0 fully saturated rings. The molecule has 5 nitrogen and oxygen atoms in total. The van der Waals surface area contributed by atoms with Crippen molar-refractivity contribution in [1.29, 1.82) is 0 Å². The van der Waals surface area contributed by atoms with Gasteiger partial charge in [-0.3, -0.25) is 4.79 Å². The van der Waals surface area contributed by atoms with Crippen LogP contribution in [0.1, 0.15) is 20.3 Å². The first kappa shape index (κ1) is 14.4. The van der Waals surface area contributed by atoms with E-state index >= 15 is 0 Å². The zero-order valence-electron chi connectivity index (χ0n) is 9.30. The molecule has 1 unspecified atom stereocenters. The number of allylic oxidation sites excluding steroid dienone is 2. The summed E-state index contributed by atoms with van der Waals surface area (Å²) in [6, 6.07) is 0. The van der Waals surface area contributed by atoms with Gasteiger partial charge in [0.25, 0.3) is 0 Å². The van der Waals surface area contributed by atoms with Crippen LogP contribution in [0.3, 0.4) is 0 Å². The Morgan fingerprint density at radius 3 is 2.31 bits per heavy atom. The maximum absolute atomic E-state index is 10.8. The highest BCUT2D eigenvalue weighted by molar-refractivity contribution is 5.90. The second-order valence-electron chi connectivity index (χ2n) is 3.57. The van der Waals surface area contributed by atoms with E-state index in [2.05, 4.69) is 0 Å².